The first-order chi connectivity index (χ1) is 14.2. The summed E-state index contributed by atoms with van der Waals surface area (Å²) in [6.45, 7) is 4.04. The Kier molecular flexibility index (Phi) is 4.20. The topological polar surface area (TPSA) is 18.8 Å². The Morgan fingerprint density at radius 2 is 1.41 bits per heavy atom. The summed E-state index contributed by atoms with van der Waals surface area (Å²) in [4.78, 5) is 3.59. The molecule has 0 fully saturated rings. The van der Waals surface area contributed by atoms with E-state index in [0.29, 0.717) is 7.69 Å². The minimum atomic E-state index is 0.672. The number of aryl methyl sites for hydroxylation is 1. The zero-order chi connectivity index (χ0) is 20.0. The molecule has 4 heteroatoms. The van der Waals surface area contributed by atoms with Gasteiger partial charge in [-0.15, -0.1) is 0 Å². The molecule has 0 amide bonds. The molecule has 5 rings (SSSR count). The first-order valence-corrected chi connectivity index (χ1v) is 9.74. The second-order valence-corrected chi connectivity index (χ2v) is 7.36. The SMILES string of the molecule is CC1=[N+]([B]F)/C(=C(/c2ccccc2)c2[nH]c(C)c3ccccc23)c2ccccc21. The zero-order valence-electron chi connectivity index (χ0n) is 16.4. The van der Waals surface area contributed by atoms with Crippen LogP contribution in [0.25, 0.3) is 22.0 Å². The average molecular weight is 378 g/mol. The van der Waals surface area contributed by atoms with Crippen molar-refractivity contribution in [1.29, 1.82) is 0 Å². The van der Waals surface area contributed by atoms with Crippen LogP contribution < -0.4 is 0 Å². The van der Waals surface area contributed by atoms with Gasteiger partial charge in [0.2, 0.25) is 5.70 Å². The summed E-state index contributed by atoms with van der Waals surface area (Å²) in [5, 5.41) is 2.32. The van der Waals surface area contributed by atoms with Crippen LogP contribution in [0, 0.1) is 6.92 Å². The summed E-state index contributed by atoms with van der Waals surface area (Å²) in [5.41, 5.74) is 7.99. The average Bonchev–Trinajstić information content (AvgIpc) is 3.25. The van der Waals surface area contributed by atoms with E-state index < -0.39 is 0 Å². The second-order valence-electron chi connectivity index (χ2n) is 7.36. The lowest BCUT2D eigenvalue weighted by Gasteiger charge is -2.11. The van der Waals surface area contributed by atoms with E-state index in [1.807, 2.05) is 49.4 Å². The van der Waals surface area contributed by atoms with Crippen molar-refractivity contribution < 1.29 is 8.80 Å². The Bertz CT molecular complexity index is 1300. The Morgan fingerprint density at radius 1 is 0.793 bits per heavy atom. The maximum atomic E-state index is 14.2. The third-order valence-electron chi connectivity index (χ3n) is 5.73. The van der Waals surface area contributed by atoms with E-state index in [-0.39, 0.29) is 0 Å². The highest BCUT2D eigenvalue weighted by Gasteiger charge is 2.37. The molecule has 0 bridgehead atoms. The first kappa shape index (κ1) is 17.7. The normalized spacial score (nSPS) is 15.0. The van der Waals surface area contributed by atoms with Crippen LogP contribution in [0.5, 0.6) is 0 Å². The van der Waals surface area contributed by atoms with E-state index in [4.69, 9.17) is 0 Å². The highest BCUT2D eigenvalue weighted by Crippen LogP contribution is 2.40. The molecular formula is C25H20BFN2+. The number of hydrogen-bond acceptors (Lipinski definition) is 0. The zero-order valence-corrected chi connectivity index (χ0v) is 16.4. The van der Waals surface area contributed by atoms with E-state index in [9.17, 15) is 4.32 Å². The number of nitrogens with one attached hydrogen (secondary N) is 1. The van der Waals surface area contributed by atoms with Gasteiger partial charge in [0.15, 0.2) is 5.71 Å². The molecule has 0 saturated carbocycles. The number of rotatable bonds is 3. The summed E-state index contributed by atoms with van der Waals surface area (Å²) in [7, 11) is 0.672. The molecule has 2 heterocycles. The number of halogens is 1. The molecule has 0 saturated heterocycles. The number of H-pyrrole nitrogens is 1. The smallest absolute Gasteiger partial charge is 0.357 e. The van der Waals surface area contributed by atoms with E-state index in [1.54, 1.807) is 4.49 Å². The lowest BCUT2D eigenvalue weighted by molar-refractivity contribution is -0.271. The van der Waals surface area contributed by atoms with Crippen LogP contribution in [-0.4, -0.2) is 22.9 Å². The van der Waals surface area contributed by atoms with Crippen LogP contribution >= 0.6 is 0 Å². The maximum Gasteiger partial charge on any atom is 0.792 e. The molecule has 1 radical (unpaired) electrons. The summed E-state index contributed by atoms with van der Waals surface area (Å²) < 4.78 is 15.9. The third-order valence-corrected chi connectivity index (χ3v) is 5.73. The summed E-state index contributed by atoms with van der Waals surface area (Å²) in [5.74, 6) is 0. The van der Waals surface area contributed by atoms with Gasteiger partial charge in [0.05, 0.1) is 22.4 Å². The second kappa shape index (κ2) is 6.89. The minimum Gasteiger partial charge on any atom is -0.357 e. The monoisotopic (exact) mass is 378 g/mol. The van der Waals surface area contributed by atoms with Crippen molar-refractivity contribution in [3.8, 4) is 0 Å². The fourth-order valence-electron chi connectivity index (χ4n) is 4.36. The predicted octanol–water partition coefficient (Wildman–Crippen LogP) is 5.73. The van der Waals surface area contributed by atoms with Crippen molar-refractivity contribution in [1.82, 2.24) is 4.98 Å². The van der Waals surface area contributed by atoms with Crippen molar-refractivity contribution in [2.24, 2.45) is 0 Å². The van der Waals surface area contributed by atoms with Gasteiger partial charge in [-0.25, -0.2) is 8.80 Å². The number of fused-ring (bicyclic) bond motifs is 2. The van der Waals surface area contributed by atoms with Crippen molar-refractivity contribution in [3.05, 3.63) is 107 Å². The Balaban J connectivity index is 1.95. The molecule has 3 aromatic carbocycles. The van der Waals surface area contributed by atoms with Gasteiger partial charge in [-0.3, -0.25) is 0 Å². The Labute approximate surface area is 170 Å². The molecular weight excluding hydrogens is 358 g/mol. The van der Waals surface area contributed by atoms with Gasteiger partial charge in [0.25, 0.3) is 0 Å². The summed E-state index contributed by atoms with van der Waals surface area (Å²) in [6.07, 6.45) is 0. The molecule has 29 heavy (non-hydrogen) atoms. The lowest BCUT2D eigenvalue weighted by Crippen LogP contribution is -2.15. The number of aromatic nitrogens is 1. The number of aromatic amines is 1. The van der Waals surface area contributed by atoms with Gasteiger partial charge in [0, 0.05) is 23.4 Å². The predicted molar refractivity (Wildman–Crippen MR) is 119 cm³/mol. The molecule has 0 aliphatic carbocycles. The Morgan fingerprint density at radius 3 is 2.14 bits per heavy atom. The number of benzene rings is 3. The number of nitrogens with zero attached hydrogens (tertiary/aromatic N) is 1. The molecule has 4 aromatic rings. The highest BCUT2D eigenvalue weighted by molar-refractivity contribution is 6.25. The quantitative estimate of drug-likeness (QED) is 0.439. The van der Waals surface area contributed by atoms with Crippen LogP contribution in [0.2, 0.25) is 0 Å². The summed E-state index contributed by atoms with van der Waals surface area (Å²) in [6, 6.07) is 26.7. The van der Waals surface area contributed by atoms with Gasteiger partial charge < -0.3 is 4.98 Å². The highest BCUT2D eigenvalue weighted by atomic mass is 19.1. The fraction of sp³-hybridized carbons (Fsp3) is 0.0800. The van der Waals surface area contributed by atoms with Crippen molar-refractivity contribution >= 4 is 35.4 Å². The molecule has 1 aliphatic rings. The molecule has 139 valence electrons. The van der Waals surface area contributed by atoms with E-state index >= 15 is 0 Å². The summed E-state index contributed by atoms with van der Waals surface area (Å²) >= 11 is 0. The van der Waals surface area contributed by atoms with Gasteiger partial charge in [-0.1, -0.05) is 66.7 Å². The third kappa shape index (κ3) is 2.67. The molecule has 0 atom stereocenters. The molecule has 2 nitrogen and oxygen atoms in total. The number of hydrogen-bond donors (Lipinski definition) is 1. The molecule has 1 aliphatic heterocycles. The van der Waals surface area contributed by atoms with Crippen molar-refractivity contribution in [3.63, 3.8) is 0 Å². The van der Waals surface area contributed by atoms with Gasteiger partial charge >= 0.3 is 7.69 Å². The first-order valence-electron chi connectivity index (χ1n) is 9.74. The fourth-order valence-corrected chi connectivity index (χ4v) is 4.36. The standard InChI is InChI=1S/C25H20BFN2/c1-16-19-12-6-8-14-21(19)24(28-16)23(18-10-4-3-5-11-18)25-22-15-9-7-13-20(22)17(2)29(25)26-27/h3-15,28H,1-2H3/q+1. The van der Waals surface area contributed by atoms with Crippen molar-refractivity contribution in [2.45, 2.75) is 13.8 Å². The van der Waals surface area contributed by atoms with E-state index in [1.165, 1.54) is 5.39 Å². The molecule has 1 N–H and O–H groups in total. The Hall–Kier alpha value is -3.40. The van der Waals surface area contributed by atoms with Gasteiger partial charge in [-0.2, -0.15) is 0 Å². The van der Waals surface area contributed by atoms with Crippen LogP contribution in [0.15, 0.2) is 78.9 Å². The largest absolute Gasteiger partial charge is 0.792 e. The molecule has 1 aromatic heterocycles. The van der Waals surface area contributed by atoms with Crippen molar-refractivity contribution in [2.75, 3.05) is 0 Å². The lowest BCUT2D eigenvalue weighted by atomic mass is 9.93. The molecule has 0 unspecified atom stereocenters. The maximum absolute atomic E-state index is 14.2. The van der Waals surface area contributed by atoms with E-state index in [2.05, 4.69) is 48.3 Å². The van der Waals surface area contributed by atoms with Crippen LogP contribution in [0.3, 0.4) is 0 Å². The minimum absolute atomic E-state index is 0.672. The van der Waals surface area contributed by atoms with Crippen LogP contribution in [0.4, 0.5) is 4.32 Å². The molecule has 0 spiro atoms. The van der Waals surface area contributed by atoms with Crippen LogP contribution in [0.1, 0.15) is 35.0 Å². The van der Waals surface area contributed by atoms with Gasteiger partial charge in [0.1, 0.15) is 0 Å². The van der Waals surface area contributed by atoms with E-state index in [0.717, 1.165) is 50.4 Å². The van der Waals surface area contributed by atoms with Crippen LogP contribution in [-0.2, 0) is 0 Å². The van der Waals surface area contributed by atoms with Gasteiger partial charge in [-0.05, 0) is 24.6 Å².